The Kier molecular flexibility index (Phi) is 37.0. The van der Waals surface area contributed by atoms with Crippen LogP contribution in [0.15, 0.2) is 0 Å². The van der Waals surface area contributed by atoms with Crippen LogP contribution in [-0.2, 0) is 163 Å². The van der Waals surface area contributed by atoms with Crippen LogP contribution in [0.3, 0.4) is 0 Å². The summed E-state index contributed by atoms with van der Waals surface area (Å²) in [7, 11) is -158. The summed E-state index contributed by atoms with van der Waals surface area (Å²) in [6, 6.07) is 0. The first-order valence-corrected chi connectivity index (χ1v) is 116. The second-order valence-corrected chi connectivity index (χ2v) is 196. The van der Waals surface area contributed by atoms with E-state index in [0.29, 0.717) is 0 Å². The highest BCUT2D eigenvalue weighted by Gasteiger charge is 2.60. The minimum Gasteiger partial charge on any atom is -0.577 e. The average Bonchev–Trinajstić information content (AvgIpc) is 2.60. The first-order valence-electron chi connectivity index (χ1n) is 22.6. The summed E-state index contributed by atoms with van der Waals surface area (Å²) in [5.41, 5.74) is 0. The summed E-state index contributed by atoms with van der Waals surface area (Å²) in [6.45, 7) is 17.9. The summed E-state index contributed by atoms with van der Waals surface area (Å²) < 4.78 is 440. The van der Waals surface area contributed by atoms with Crippen LogP contribution in [0.4, 0.5) is 0 Å². The van der Waals surface area contributed by atoms with Gasteiger partial charge in [-0.3, -0.25) is 0 Å². The zero-order valence-corrected chi connectivity index (χ0v) is 84.1. The van der Waals surface area contributed by atoms with Gasteiger partial charge in [-0.1, -0.05) is 0 Å². The molecule has 0 spiro atoms. The predicted octanol–water partition coefficient (Wildman–Crippen LogP) is -11.6. The fraction of sp³-hybridized carbons (Fsp3) is 1.00. The molecule has 0 rings (SSSR count). The quantitative estimate of drug-likeness (QED) is 0.0512. The van der Waals surface area contributed by atoms with Crippen molar-refractivity contribution < 1.29 is 163 Å². The number of hydrogen-bond donors (Lipinski definition) is 0. The average molecular weight is 1840 g/mol. The minimum atomic E-state index is -4.77. The Morgan fingerprint density at radius 2 is 0.425 bits per heavy atom. The Balaban J connectivity index is 5.94. The van der Waals surface area contributed by atoms with Gasteiger partial charge in [0.1, 0.15) is 0 Å². The lowest BCUT2D eigenvalue weighted by Gasteiger charge is -2.30. The molecule has 0 aromatic rings. The van der Waals surface area contributed by atoms with Gasteiger partial charge in [-0.15, -0.1) is 0 Å². The molecule has 87 heavy (non-hydrogen) atoms. The summed E-state index contributed by atoms with van der Waals surface area (Å²) >= 11 is 0. The topological polar surface area (TPSA) is 592 Å². The van der Waals surface area contributed by atoms with Crippen LogP contribution >= 0.6 is 0 Å². The van der Waals surface area contributed by atoms with E-state index in [2.05, 4.69) is 0 Å². The summed E-state index contributed by atoms with van der Waals surface area (Å²) in [4.78, 5) is 0. The summed E-state index contributed by atoms with van der Waals surface area (Å²) in [5.74, 6) is 0. The van der Waals surface area contributed by atoms with Crippen molar-refractivity contribution in [2.24, 2.45) is 0 Å². The lowest BCUT2D eigenvalue weighted by molar-refractivity contribution is 0.377. The largest absolute Gasteiger partial charge is 0.577 e. The van der Waals surface area contributed by atoms with Crippen molar-refractivity contribution in [3.8, 4) is 0 Å². The monoisotopic (exact) mass is 1840 g/mol. The SMILES string of the molecule is C[Si](C)(C)O[Si][Si](=O)O[Si](C)(C)[Si](=O)[Si](=O)O[Si](C)(C)[Si](=O)[Si](=O)[Si](=O)[Si](=O)[Si](=O)[Si](=O)[Si](=O)[Si](=O)[Si](=O)[Si](=O)[Si](=O)[Si](=O)[Si](=O)[Si](=O)[Si](=O)[Si](=O)[Si](=O)[Si](=O)[Si](=O)[Si](=O)[Si](=O)[Si](=O)[Si](=O)[Si](=O)[Si](=O)[Si](=O)[Si](=O)[Si](=O)[Si](=O)O[Si](C)(C)O[Si](C)(C)C. The highest BCUT2D eigenvalue weighted by atomic mass is 30.1. The van der Waals surface area contributed by atoms with E-state index in [0.717, 1.165) is 13.1 Å². The van der Waals surface area contributed by atoms with E-state index in [-0.39, 0.29) is 0 Å². The van der Waals surface area contributed by atoms with Gasteiger partial charge in [-0.25, -0.2) is 0 Å². The van der Waals surface area contributed by atoms with Crippen molar-refractivity contribution in [2.45, 2.75) is 78.6 Å². The van der Waals surface area contributed by atoms with E-state index < -0.39 is 299 Å². The van der Waals surface area contributed by atoms with E-state index in [1.54, 1.807) is 39.3 Å². The van der Waals surface area contributed by atoms with Gasteiger partial charge in [0.15, 0.2) is 16.6 Å². The van der Waals surface area contributed by atoms with Crippen molar-refractivity contribution in [3.05, 3.63) is 0 Å². The Morgan fingerprint density at radius 3 is 0.644 bits per heavy atom. The molecule has 0 aromatic heterocycles. The van der Waals surface area contributed by atoms with E-state index in [9.17, 15) is 143 Å². The maximum Gasteiger partial charge on any atom is 0.533 e. The molecule has 0 fully saturated rings. The molecule has 0 amide bonds. The fourth-order valence-electron chi connectivity index (χ4n) is 5.14. The molecule has 37 nitrogen and oxygen atoms in total. The van der Waals surface area contributed by atoms with Crippen LogP contribution in [0, 0.1) is 0 Å². The van der Waals surface area contributed by atoms with Gasteiger partial charge in [0.2, 0.25) is 0 Å². The fourth-order valence-corrected chi connectivity index (χ4v) is 387. The highest BCUT2D eigenvalue weighted by molar-refractivity contribution is 7.85. The van der Waals surface area contributed by atoms with Crippen LogP contribution in [0.1, 0.15) is 0 Å². The van der Waals surface area contributed by atoms with Crippen LogP contribution < -0.4 is 0 Å². The van der Waals surface area contributed by atoms with Crippen LogP contribution in [0.25, 0.3) is 0 Å². The number of hydrogen-bond acceptors (Lipinski definition) is 37. The van der Waals surface area contributed by atoms with Crippen molar-refractivity contribution >= 4 is 299 Å². The van der Waals surface area contributed by atoms with Gasteiger partial charge in [0.05, 0.1) is 0 Å². The lowest BCUT2D eigenvalue weighted by Crippen LogP contribution is -2.60. The molecule has 458 valence electrons. The van der Waals surface area contributed by atoms with Crippen molar-refractivity contribution in [3.63, 3.8) is 0 Å². The van der Waals surface area contributed by atoms with Gasteiger partial charge in [0.25, 0.3) is 15.7 Å². The highest BCUT2D eigenvalue weighted by Crippen LogP contribution is 2.15. The molecule has 0 aromatic carbocycles. The second-order valence-electron chi connectivity index (χ2n) is 19.7. The second kappa shape index (κ2) is 36.5. The first-order chi connectivity index (χ1) is 39.0. The van der Waals surface area contributed by atoms with Crippen molar-refractivity contribution in [2.75, 3.05) is 0 Å². The predicted molar refractivity (Wildman–Crippen MR) is 316 cm³/mol. The normalized spacial score (nSPS) is 11.2. The summed E-state index contributed by atoms with van der Waals surface area (Å²) in [6.07, 6.45) is 0. The maximum absolute atomic E-state index is 13.3. The van der Waals surface area contributed by atoms with E-state index in [4.69, 9.17) is 20.6 Å². The van der Waals surface area contributed by atoms with Crippen LogP contribution in [-0.4, -0.2) is 299 Å². The van der Waals surface area contributed by atoms with E-state index in [1.165, 1.54) is 26.2 Å². The standard InChI is InChI=1S/C12H36O37Si38/c1-83(2,3)45-50-51(13)46-86(9,10)81(43)53(15)48-87(11,12)82(44)80(42)79(41)78(40)77(39)76(38)75(37)74(36)73(35)72(34)71(33)70(32)69(31)68(30)67(29)66(28)65(27)64(26)63(25)62(24)61(23)60(22)59(21)58(20)57(19)56(18)55(17)54(16)52(14)47-85(7,8)49-84(4,5)6/h1-12H3. The molecule has 2 radical (unpaired) electrons. The first kappa shape index (κ1) is 88.2. The molecule has 0 bridgehead atoms. The molecular formula is C12H36O37Si38. The molecule has 75 heteroatoms. The number of rotatable bonds is 42. The molecule has 0 N–H and O–H groups in total. The lowest BCUT2D eigenvalue weighted by atomic mass is 11.8. The smallest absolute Gasteiger partial charge is 0.533 e. The zero-order chi connectivity index (χ0) is 69.2. The third kappa shape index (κ3) is 25.9. The van der Waals surface area contributed by atoms with Gasteiger partial charge in [-0.05, 0) is 78.6 Å². The minimum absolute atomic E-state index is 0.616. The maximum atomic E-state index is 13.3. The molecule has 0 saturated heterocycles. The Hall–Kier alpha value is 1.16. The van der Waals surface area contributed by atoms with Crippen LogP contribution in [0.2, 0.25) is 78.6 Å². The van der Waals surface area contributed by atoms with Gasteiger partial charge < -0.3 is 163 Å². The van der Waals surface area contributed by atoms with Gasteiger partial charge in [-0.2, -0.15) is 0 Å². The zero-order valence-electron chi connectivity index (χ0n) is 46.1. The van der Waals surface area contributed by atoms with Crippen molar-refractivity contribution in [1.82, 2.24) is 0 Å². The molecule has 0 aliphatic rings. The third-order valence-corrected chi connectivity index (χ3v) is 273. The van der Waals surface area contributed by atoms with E-state index in [1.807, 2.05) is 0 Å². The Morgan fingerprint density at radius 1 is 0.218 bits per heavy atom. The molecule has 0 aliphatic carbocycles. The molecule has 0 heterocycles. The summed E-state index contributed by atoms with van der Waals surface area (Å²) in [5, 5.41) is 0. The molecule has 0 saturated carbocycles. The Labute approximate surface area is 535 Å². The molecule has 0 unspecified atom stereocenters. The van der Waals surface area contributed by atoms with Crippen molar-refractivity contribution in [1.29, 1.82) is 0 Å². The third-order valence-electron chi connectivity index (χ3n) is 9.06. The van der Waals surface area contributed by atoms with E-state index >= 15 is 0 Å². The van der Waals surface area contributed by atoms with Gasteiger partial charge in [0, 0.05) is 0 Å². The van der Waals surface area contributed by atoms with Gasteiger partial charge >= 0.3 is 267 Å². The molecule has 0 aliphatic heterocycles. The van der Waals surface area contributed by atoms with Crippen LogP contribution in [0.5, 0.6) is 0 Å². The molecular weight excluding hydrogens is 1800 g/mol. The molecule has 0 atom stereocenters. The Bertz CT molecular complexity index is 3540.